The van der Waals surface area contributed by atoms with Crippen LogP contribution in [0.1, 0.15) is 47.7 Å². The molecule has 0 spiro atoms. The first-order valence-corrected chi connectivity index (χ1v) is 10.8. The molecule has 30 heavy (non-hydrogen) atoms. The average Bonchev–Trinajstić information content (AvgIpc) is 3.18. The Labute approximate surface area is 184 Å². The molecule has 0 fully saturated rings. The van der Waals surface area contributed by atoms with Gasteiger partial charge in [-0.15, -0.1) is 0 Å². The van der Waals surface area contributed by atoms with Crippen molar-refractivity contribution in [3.05, 3.63) is 81.8 Å². The summed E-state index contributed by atoms with van der Waals surface area (Å²) in [7, 11) is 0. The van der Waals surface area contributed by atoms with Crippen LogP contribution in [0.25, 0.3) is 22.6 Å². The first kappa shape index (κ1) is 20.4. The number of nitrogens with one attached hydrogen (secondary N) is 1. The maximum Gasteiger partial charge on any atom is 0.255 e. The van der Waals surface area contributed by atoms with Crippen molar-refractivity contribution < 1.29 is 9.21 Å². The predicted molar refractivity (Wildman–Crippen MR) is 125 cm³/mol. The molecule has 1 N–H and O–H groups in total. The number of carbonyl (C=O) groups excluding carboxylic acids is 1. The molecule has 5 heteroatoms. The van der Waals surface area contributed by atoms with Crippen molar-refractivity contribution in [2.45, 2.75) is 33.1 Å². The minimum absolute atomic E-state index is 0.160. The maximum atomic E-state index is 12.7. The lowest BCUT2D eigenvalue weighted by molar-refractivity contribution is 0.102. The molecule has 0 aliphatic heterocycles. The summed E-state index contributed by atoms with van der Waals surface area (Å²) in [4.78, 5) is 17.4. The molecule has 152 valence electrons. The number of anilines is 1. The number of nitrogens with zero attached hydrogens (tertiary/aromatic N) is 1. The standard InChI is InChI=1S/C25H23BrN2O2/c1-4-15(2)17-10-11-23-22(13-17)28-25(30-23)19-9-8-16(3)21(14-19)27-24(29)18-6-5-7-20(26)12-18/h5-15H,4H2,1-3H3,(H,27,29). The molecule has 1 amide bonds. The number of aryl methyl sites for hydroxylation is 1. The van der Waals surface area contributed by atoms with Crippen LogP contribution in [0.5, 0.6) is 0 Å². The van der Waals surface area contributed by atoms with Gasteiger partial charge >= 0.3 is 0 Å². The Hall–Kier alpha value is -2.92. The van der Waals surface area contributed by atoms with Crippen molar-refractivity contribution in [1.29, 1.82) is 0 Å². The molecule has 0 saturated heterocycles. The molecule has 1 unspecified atom stereocenters. The van der Waals surface area contributed by atoms with Crippen LogP contribution >= 0.6 is 15.9 Å². The maximum absolute atomic E-state index is 12.7. The lowest BCUT2D eigenvalue weighted by Gasteiger charge is -2.10. The van der Waals surface area contributed by atoms with Crippen LogP contribution in [-0.2, 0) is 0 Å². The molecule has 4 aromatic rings. The number of amides is 1. The topological polar surface area (TPSA) is 55.1 Å². The third kappa shape index (κ3) is 4.17. The van der Waals surface area contributed by atoms with Crippen molar-refractivity contribution in [1.82, 2.24) is 4.98 Å². The predicted octanol–water partition coefficient (Wildman–Crippen LogP) is 7.33. The zero-order valence-corrected chi connectivity index (χ0v) is 18.8. The Morgan fingerprint density at radius 2 is 1.97 bits per heavy atom. The van der Waals surface area contributed by atoms with E-state index in [0.717, 1.165) is 38.8 Å². The van der Waals surface area contributed by atoms with Gasteiger partial charge in [0.2, 0.25) is 5.89 Å². The van der Waals surface area contributed by atoms with Gasteiger partial charge in [-0.25, -0.2) is 4.98 Å². The number of fused-ring (bicyclic) bond motifs is 1. The molecule has 0 bridgehead atoms. The molecule has 0 radical (unpaired) electrons. The number of carbonyl (C=O) groups is 1. The van der Waals surface area contributed by atoms with E-state index >= 15 is 0 Å². The van der Waals surface area contributed by atoms with Gasteiger partial charge in [-0.1, -0.05) is 48.0 Å². The molecule has 3 aromatic carbocycles. The molecule has 1 aromatic heterocycles. The molecule has 4 nitrogen and oxygen atoms in total. The summed E-state index contributed by atoms with van der Waals surface area (Å²) in [6.07, 6.45) is 1.08. The summed E-state index contributed by atoms with van der Waals surface area (Å²) < 4.78 is 6.86. The summed E-state index contributed by atoms with van der Waals surface area (Å²) in [5.41, 5.74) is 5.99. The van der Waals surface area contributed by atoms with Crippen LogP contribution < -0.4 is 5.32 Å². The van der Waals surface area contributed by atoms with E-state index in [-0.39, 0.29) is 5.91 Å². The number of rotatable bonds is 5. The second-order valence-corrected chi connectivity index (χ2v) is 8.47. The molecular formula is C25H23BrN2O2. The van der Waals surface area contributed by atoms with Crippen molar-refractivity contribution in [2.75, 3.05) is 5.32 Å². The van der Waals surface area contributed by atoms with Gasteiger partial charge in [0.05, 0.1) is 0 Å². The highest BCUT2D eigenvalue weighted by atomic mass is 79.9. The lowest BCUT2D eigenvalue weighted by Crippen LogP contribution is -2.12. The molecule has 1 heterocycles. The van der Waals surface area contributed by atoms with E-state index in [4.69, 9.17) is 9.40 Å². The van der Waals surface area contributed by atoms with E-state index < -0.39 is 0 Å². The number of aromatic nitrogens is 1. The van der Waals surface area contributed by atoms with E-state index in [1.54, 1.807) is 12.1 Å². The highest BCUT2D eigenvalue weighted by Gasteiger charge is 2.14. The molecule has 1 atom stereocenters. The number of benzene rings is 3. The lowest BCUT2D eigenvalue weighted by atomic mass is 9.98. The summed E-state index contributed by atoms with van der Waals surface area (Å²) >= 11 is 3.41. The zero-order valence-electron chi connectivity index (χ0n) is 17.2. The van der Waals surface area contributed by atoms with Crippen LogP contribution in [0.15, 0.2) is 69.6 Å². The Morgan fingerprint density at radius 1 is 1.13 bits per heavy atom. The van der Waals surface area contributed by atoms with Crippen molar-refractivity contribution in [3.63, 3.8) is 0 Å². The van der Waals surface area contributed by atoms with Gasteiger partial charge in [0.1, 0.15) is 5.52 Å². The van der Waals surface area contributed by atoms with Crippen LogP contribution in [0, 0.1) is 6.92 Å². The minimum atomic E-state index is -0.160. The van der Waals surface area contributed by atoms with Gasteiger partial charge in [0.25, 0.3) is 5.91 Å². The Morgan fingerprint density at radius 3 is 2.73 bits per heavy atom. The van der Waals surface area contributed by atoms with Crippen LogP contribution in [0.4, 0.5) is 5.69 Å². The fourth-order valence-electron chi connectivity index (χ4n) is 3.32. The second-order valence-electron chi connectivity index (χ2n) is 7.55. The summed E-state index contributed by atoms with van der Waals surface area (Å²) in [5, 5.41) is 3.00. The Bertz CT molecular complexity index is 1230. The number of hydrogen-bond acceptors (Lipinski definition) is 3. The molecule has 4 rings (SSSR count). The third-order valence-electron chi connectivity index (χ3n) is 5.41. The Kier molecular flexibility index (Phi) is 5.73. The summed E-state index contributed by atoms with van der Waals surface area (Å²) in [5.74, 6) is 0.866. The quantitative estimate of drug-likeness (QED) is 0.337. The molecule has 0 aliphatic carbocycles. The van der Waals surface area contributed by atoms with E-state index in [9.17, 15) is 4.79 Å². The van der Waals surface area contributed by atoms with Gasteiger partial charge in [0, 0.05) is 21.3 Å². The highest BCUT2D eigenvalue weighted by Crippen LogP contribution is 2.30. The van der Waals surface area contributed by atoms with Crippen molar-refractivity contribution >= 4 is 38.6 Å². The summed E-state index contributed by atoms with van der Waals surface area (Å²) in [6, 6.07) is 19.3. The van der Waals surface area contributed by atoms with Crippen LogP contribution in [-0.4, -0.2) is 10.9 Å². The zero-order chi connectivity index (χ0) is 21.3. The average molecular weight is 463 g/mol. The fourth-order valence-corrected chi connectivity index (χ4v) is 3.72. The molecule has 0 aliphatic rings. The number of hydrogen-bond donors (Lipinski definition) is 1. The smallest absolute Gasteiger partial charge is 0.255 e. The number of oxazole rings is 1. The van der Waals surface area contributed by atoms with E-state index in [0.29, 0.717) is 17.4 Å². The van der Waals surface area contributed by atoms with Gasteiger partial charge < -0.3 is 9.73 Å². The second kappa shape index (κ2) is 8.44. The SMILES string of the molecule is CCC(C)c1ccc2oc(-c3ccc(C)c(NC(=O)c4cccc(Br)c4)c3)nc2c1. The van der Waals surface area contributed by atoms with E-state index in [1.165, 1.54) is 5.56 Å². The van der Waals surface area contributed by atoms with Crippen LogP contribution in [0.3, 0.4) is 0 Å². The summed E-state index contributed by atoms with van der Waals surface area (Å²) in [6.45, 7) is 6.35. The van der Waals surface area contributed by atoms with Gasteiger partial charge in [-0.2, -0.15) is 0 Å². The van der Waals surface area contributed by atoms with E-state index in [1.807, 2.05) is 43.3 Å². The first-order chi connectivity index (χ1) is 14.4. The monoisotopic (exact) mass is 462 g/mol. The molecular weight excluding hydrogens is 440 g/mol. The third-order valence-corrected chi connectivity index (χ3v) is 5.91. The van der Waals surface area contributed by atoms with Gasteiger partial charge in [0.15, 0.2) is 5.58 Å². The van der Waals surface area contributed by atoms with Gasteiger partial charge in [-0.3, -0.25) is 4.79 Å². The van der Waals surface area contributed by atoms with E-state index in [2.05, 4.69) is 47.2 Å². The Balaban J connectivity index is 1.65. The van der Waals surface area contributed by atoms with Crippen molar-refractivity contribution in [3.8, 4) is 11.5 Å². The molecule has 0 saturated carbocycles. The first-order valence-electron chi connectivity index (χ1n) is 10.0. The fraction of sp³-hybridized carbons (Fsp3) is 0.200. The van der Waals surface area contributed by atoms with Gasteiger partial charge in [-0.05, 0) is 72.9 Å². The largest absolute Gasteiger partial charge is 0.436 e. The van der Waals surface area contributed by atoms with Crippen LogP contribution in [0.2, 0.25) is 0 Å². The van der Waals surface area contributed by atoms with Crippen molar-refractivity contribution in [2.24, 2.45) is 0 Å². The normalized spacial score (nSPS) is 12.1. The highest BCUT2D eigenvalue weighted by molar-refractivity contribution is 9.10. The minimum Gasteiger partial charge on any atom is -0.436 e. The number of halogens is 1.